The number of imide groups is 1. The molecule has 1 N–H and O–H groups in total. The van der Waals surface area contributed by atoms with Gasteiger partial charge in [0.2, 0.25) is 5.91 Å². The van der Waals surface area contributed by atoms with Gasteiger partial charge in [-0.1, -0.05) is 12.0 Å². The first-order chi connectivity index (χ1) is 15.4. The highest BCUT2D eigenvalue weighted by Gasteiger charge is 2.36. The molecule has 2 aromatic carbocycles. The molecule has 9 heteroatoms. The summed E-state index contributed by atoms with van der Waals surface area (Å²) in [5, 5.41) is 2.17. The minimum absolute atomic E-state index is 0.134. The van der Waals surface area contributed by atoms with Gasteiger partial charge in [0.15, 0.2) is 0 Å². The van der Waals surface area contributed by atoms with Crippen molar-refractivity contribution in [3.8, 4) is 23.8 Å². The molecule has 1 aliphatic rings. The highest BCUT2D eigenvalue weighted by atomic mass is 79.9. The Bertz CT molecular complexity index is 1110. The Morgan fingerprint density at radius 1 is 1.22 bits per heavy atom. The maximum absolute atomic E-state index is 12.7. The molecule has 2 aromatic rings. The largest absolute Gasteiger partial charge is 0.494 e. The number of nitrogens with one attached hydrogen (secondary N) is 1. The van der Waals surface area contributed by atoms with Crippen LogP contribution < -0.4 is 14.8 Å². The highest BCUT2D eigenvalue weighted by Crippen LogP contribution is 2.33. The number of nitrogens with zero attached hydrogens (tertiary/aromatic N) is 1. The van der Waals surface area contributed by atoms with E-state index in [4.69, 9.17) is 15.9 Å². The van der Waals surface area contributed by atoms with Gasteiger partial charge < -0.3 is 14.8 Å². The standard InChI is InChI=1S/C23H19BrN2O5S/c1-3-11-31-19-10-5-15(12-18(19)24)13-20-22(28)26(23(29)32-20)14-21(27)25-16-6-8-17(9-7-16)30-4-2/h1,5-10,12-13H,4,11,14H2,2H3,(H,25,27)/b20-13+. The average Bonchev–Trinajstić information content (AvgIpc) is 3.02. The van der Waals surface area contributed by atoms with Crippen LogP contribution in [0.3, 0.4) is 0 Å². The van der Waals surface area contributed by atoms with E-state index in [1.54, 1.807) is 48.5 Å². The molecule has 0 unspecified atom stereocenters. The number of halogens is 1. The van der Waals surface area contributed by atoms with E-state index >= 15 is 0 Å². The van der Waals surface area contributed by atoms with Crippen LogP contribution in [0.1, 0.15) is 12.5 Å². The second kappa shape index (κ2) is 10.9. The fraction of sp³-hybridized carbons (Fsp3) is 0.174. The van der Waals surface area contributed by atoms with E-state index in [0.29, 0.717) is 33.8 Å². The van der Waals surface area contributed by atoms with Gasteiger partial charge in [0.25, 0.3) is 11.1 Å². The maximum Gasteiger partial charge on any atom is 0.294 e. The number of thioether (sulfide) groups is 1. The number of benzene rings is 2. The fourth-order valence-corrected chi connectivity index (χ4v) is 4.13. The van der Waals surface area contributed by atoms with Crippen LogP contribution in [0.25, 0.3) is 6.08 Å². The molecular formula is C23H19BrN2O5S. The normalized spacial score (nSPS) is 14.4. The van der Waals surface area contributed by atoms with Crippen molar-refractivity contribution in [2.24, 2.45) is 0 Å². The smallest absolute Gasteiger partial charge is 0.294 e. The minimum atomic E-state index is -0.523. The van der Waals surface area contributed by atoms with Crippen molar-refractivity contribution < 1.29 is 23.9 Å². The third kappa shape index (κ3) is 5.93. The van der Waals surface area contributed by atoms with Crippen LogP contribution in [0.5, 0.6) is 11.5 Å². The molecule has 164 valence electrons. The third-order valence-electron chi connectivity index (χ3n) is 4.19. The highest BCUT2D eigenvalue weighted by molar-refractivity contribution is 9.10. The van der Waals surface area contributed by atoms with Crippen LogP contribution >= 0.6 is 27.7 Å². The molecule has 1 fully saturated rings. The van der Waals surface area contributed by atoms with Crippen LogP contribution in [0.4, 0.5) is 10.5 Å². The number of ether oxygens (including phenoxy) is 2. The van der Waals surface area contributed by atoms with Crippen molar-refractivity contribution in [3.05, 3.63) is 57.4 Å². The van der Waals surface area contributed by atoms with Crippen LogP contribution in [0.2, 0.25) is 0 Å². The van der Waals surface area contributed by atoms with E-state index in [1.165, 1.54) is 0 Å². The van der Waals surface area contributed by atoms with Crippen molar-refractivity contribution in [1.29, 1.82) is 0 Å². The number of hydrogen-bond donors (Lipinski definition) is 1. The van der Waals surface area contributed by atoms with Crippen LogP contribution in [0, 0.1) is 12.3 Å². The van der Waals surface area contributed by atoms with E-state index < -0.39 is 17.1 Å². The molecule has 0 aliphatic carbocycles. The van der Waals surface area contributed by atoms with E-state index in [9.17, 15) is 14.4 Å². The molecule has 3 amide bonds. The maximum atomic E-state index is 12.7. The molecule has 0 radical (unpaired) electrons. The van der Waals surface area contributed by atoms with Gasteiger partial charge in [-0.25, -0.2) is 0 Å². The SMILES string of the molecule is C#CCOc1ccc(/C=C2/SC(=O)N(CC(=O)Nc3ccc(OCC)cc3)C2=O)cc1Br. The summed E-state index contributed by atoms with van der Waals surface area (Å²) in [7, 11) is 0. The van der Waals surface area contributed by atoms with Gasteiger partial charge in [-0.3, -0.25) is 19.3 Å². The molecule has 1 heterocycles. The molecule has 0 aromatic heterocycles. The first-order valence-corrected chi connectivity index (χ1v) is 11.2. The van der Waals surface area contributed by atoms with E-state index in [1.807, 2.05) is 6.92 Å². The Morgan fingerprint density at radius 2 is 1.97 bits per heavy atom. The molecular weight excluding hydrogens is 496 g/mol. The molecule has 0 spiro atoms. The van der Waals surface area contributed by atoms with Gasteiger partial charge in [0, 0.05) is 5.69 Å². The number of terminal acetylenes is 1. The molecule has 0 atom stereocenters. The van der Waals surface area contributed by atoms with Gasteiger partial charge in [0.05, 0.1) is 16.0 Å². The Balaban J connectivity index is 1.64. The molecule has 0 bridgehead atoms. The molecule has 1 aliphatic heterocycles. The number of hydrogen-bond acceptors (Lipinski definition) is 6. The number of carbonyl (C=O) groups is 3. The summed E-state index contributed by atoms with van der Waals surface area (Å²) >= 11 is 4.18. The van der Waals surface area contributed by atoms with Gasteiger partial charge in [0.1, 0.15) is 24.7 Å². The summed E-state index contributed by atoms with van der Waals surface area (Å²) in [5.41, 5.74) is 1.23. The first kappa shape index (κ1) is 23.4. The predicted octanol–water partition coefficient (Wildman–Crippen LogP) is 4.53. The Hall–Kier alpha value is -3.22. The molecule has 3 rings (SSSR count). The zero-order valence-corrected chi connectivity index (χ0v) is 19.5. The Morgan fingerprint density at radius 3 is 2.62 bits per heavy atom. The lowest BCUT2D eigenvalue weighted by atomic mass is 10.2. The third-order valence-corrected chi connectivity index (χ3v) is 5.72. The van der Waals surface area contributed by atoms with Crippen molar-refractivity contribution >= 4 is 56.5 Å². The average molecular weight is 515 g/mol. The monoisotopic (exact) mass is 514 g/mol. The van der Waals surface area contributed by atoms with E-state index in [0.717, 1.165) is 16.7 Å². The summed E-state index contributed by atoms with van der Waals surface area (Å²) in [6, 6.07) is 12.0. The Labute approximate surface area is 198 Å². The van der Waals surface area contributed by atoms with E-state index in [-0.39, 0.29) is 18.1 Å². The Kier molecular flexibility index (Phi) is 7.98. The zero-order valence-electron chi connectivity index (χ0n) is 17.1. The van der Waals surface area contributed by atoms with Crippen LogP contribution in [-0.2, 0) is 9.59 Å². The van der Waals surface area contributed by atoms with Crippen molar-refractivity contribution in [2.75, 3.05) is 25.1 Å². The van der Waals surface area contributed by atoms with Gasteiger partial charge in [-0.05, 0) is 82.7 Å². The fourth-order valence-electron chi connectivity index (χ4n) is 2.78. The quantitative estimate of drug-likeness (QED) is 0.411. The molecule has 0 saturated carbocycles. The van der Waals surface area contributed by atoms with Crippen molar-refractivity contribution in [3.63, 3.8) is 0 Å². The number of rotatable bonds is 8. The number of amides is 3. The van der Waals surface area contributed by atoms with Crippen LogP contribution in [-0.4, -0.2) is 41.7 Å². The molecule has 1 saturated heterocycles. The topological polar surface area (TPSA) is 84.9 Å². The number of anilines is 1. The van der Waals surface area contributed by atoms with Gasteiger partial charge >= 0.3 is 0 Å². The minimum Gasteiger partial charge on any atom is -0.494 e. The number of carbonyl (C=O) groups excluding carboxylic acids is 3. The molecule has 32 heavy (non-hydrogen) atoms. The lowest BCUT2D eigenvalue weighted by Crippen LogP contribution is -2.36. The first-order valence-electron chi connectivity index (χ1n) is 9.55. The summed E-state index contributed by atoms with van der Waals surface area (Å²) in [4.78, 5) is 38.5. The summed E-state index contributed by atoms with van der Waals surface area (Å²) < 4.78 is 11.4. The summed E-state index contributed by atoms with van der Waals surface area (Å²) in [6.07, 6.45) is 6.78. The van der Waals surface area contributed by atoms with Gasteiger partial charge in [-0.15, -0.1) is 6.42 Å². The second-order valence-corrected chi connectivity index (χ2v) is 8.30. The van der Waals surface area contributed by atoms with Gasteiger partial charge in [-0.2, -0.15) is 0 Å². The zero-order chi connectivity index (χ0) is 23.1. The molecule has 7 nitrogen and oxygen atoms in total. The summed E-state index contributed by atoms with van der Waals surface area (Å²) in [6.45, 7) is 2.18. The second-order valence-electron chi connectivity index (χ2n) is 6.46. The van der Waals surface area contributed by atoms with Crippen LogP contribution in [0.15, 0.2) is 51.8 Å². The summed E-state index contributed by atoms with van der Waals surface area (Å²) in [5.74, 6) is 2.64. The predicted molar refractivity (Wildman–Crippen MR) is 127 cm³/mol. The van der Waals surface area contributed by atoms with Crippen molar-refractivity contribution in [2.45, 2.75) is 6.92 Å². The van der Waals surface area contributed by atoms with E-state index in [2.05, 4.69) is 27.2 Å². The lowest BCUT2D eigenvalue weighted by Gasteiger charge is -2.12. The van der Waals surface area contributed by atoms with Crippen molar-refractivity contribution in [1.82, 2.24) is 4.90 Å². The lowest BCUT2D eigenvalue weighted by molar-refractivity contribution is -0.127.